The van der Waals surface area contributed by atoms with E-state index < -0.39 is 51.5 Å². The molecule has 1 aromatic rings. The molecule has 5 aliphatic rings. The first-order valence-electron chi connectivity index (χ1n) is 12.5. The van der Waals surface area contributed by atoms with Crippen molar-refractivity contribution in [1.29, 1.82) is 0 Å². The van der Waals surface area contributed by atoms with Crippen LogP contribution in [0, 0.1) is 77.6 Å². The van der Waals surface area contributed by atoms with Gasteiger partial charge in [-0.2, -0.15) is 0 Å². The number of aliphatic hydroxyl groups is 1. The van der Waals surface area contributed by atoms with E-state index in [2.05, 4.69) is 27.7 Å². The maximum absolute atomic E-state index is 14.2. The van der Waals surface area contributed by atoms with Gasteiger partial charge in [0.05, 0.1) is 24.0 Å². The summed E-state index contributed by atoms with van der Waals surface area (Å²) in [6.45, 7) is 10.2. The van der Waals surface area contributed by atoms with E-state index in [0.29, 0.717) is 19.3 Å². The first-order chi connectivity index (χ1) is 15.8. The van der Waals surface area contributed by atoms with Crippen LogP contribution in [0.15, 0.2) is 23.0 Å². The second-order valence-corrected chi connectivity index (χ2v) is 12.8. The van der Waals surface area contributed by atoms with Gasteiger partial charge in [-0.3, -0.25) is 9.59 Å². The molecule has 2 saturated heterocycles. The monoisotopic (exact) mass is 697 g/mol. The topological polar surface area (TPSA) is 106 Å². The number of epoxide rings is 1. The number of ketones is 2. The van der Waals surface area contributed by atoms with Gasteiger partial charge >= 0.3 is 5.97 Å². The Morgan fingerprint density at radius 1 is 1.00 bits per heavy atom. The molecule has 1 aromatic heterocycles. The standard InChI is InChI=1S/C27H34O7.Ac/c1-23(2)12-15(28)10-18(29)25(4)16-6-8-24(3)20(14-7-9-32-13-14)33-22(31)21-27(24,34-21)26(16,5)19(30)11-17(23)25;/h7,9,13,16-18,20-21,29H,6,8,10-12H2,1-5H3;. The Balaban J connectivity index is 0.00000253. The quantitative estimate of drug-likeness (QED) is 0.352. The maximum Gasteiger partial charge on any atom is 0.339 e. The van der Waals surface area contributed by atoms with E-state index in [1.807, 2.05) is 6.92 Å². The molecule has 187 valence electrons. The minimum Gasteiger partial charge on any atom is -0.472 e. The number of fused-ring (bicyclic) bond motifs is 3. The van der Waals surface area contributed by atoms with E-state index in [4.69, 9.17) is 13.9 Å². The first-order valence-corrected chi connectivity index (χ1v) is 12.5. The molecule has 3 aliphatic carbocycles. The third-order valence-electron chi connectivity index (χ3n) is 11.0. The third-order valence-corrected chi connectivity index (χ3v) is 11.0. The first kappa shape index (κ1) is 26.1. The summed E-state index contributed by atoms with van der Waals surface area (Å²) in [5.74, 6) is -0.681. The van der Waals surface area contributed by atoms with E-state index in [1.54, 1.807) is 18.6 Å². The summed E-state index contributed by atoms with van der Waals surface area (Å²) in [6.07, 6.45) is 3.01. The van der Waals surface area contributed by atoms with E-state index in [0.717, 1.165) is 5.56 Å². The van der Waals surface area contributed by atoms with E-state index in [9.17, 15) is 19.5 Å². The number of esters is 1. The summed E-state index contributed by atoms with van der Waals surface area (Å²) in [6, 6.07) is 1.80. The number of hydrogen-bond donors (Lipinski definition) is 1. The van der Waals surface area contributed by atoms with Crippen molar-refractivity contribution >= 4 is 17.5 Å². The molecule has 7 nitrogen and oxygen atoms in total. The van der Waals surface area contributed by atoms with Crippen molar-refractivity contribution < 1.29 is 77.4 Å². The smallest absolute Gasteiger partial charge is 0.339 e. The summed E-state index contributed by atoms with van der Waals surface area (Å²) in [7, 11) is 0. The summed E-state index contributed by atoms with van der Waals surface area (Å²) in [4.78, 5) is 40.1. The number of rotatable bonds is 1. The SMILES string of the molecule is CC1(C)CC(=O)CC(O)C2(C)C1CC(=O)C1(C)C2CCC2(C)C(c3ccoc3)OC(=O)C3OC321.[Ac]. The Bertz CT molecular complexity index is 1100. The number of aliphatic hydroxyl groups excluding tert-OH is 1. The molecule has 3 saturated carbocycles. The number of cyclic esters (lactones) is 1. The van der Waals surface area contributed by atoms with Gasteiger partial charge < -0.3 is 19.0 Å². The van der Waals surface area contributed by atoms with Crippen molar-refractivity contribution in [2.75, 3.05) is 0 Å². The molecule has 8 heteroatoms. The van der Waals surface area contributed by atoms with Crippen LogP contribution in [0.5, 0.6) is 0 Å². The zero-order valence-corrected chi connectivity index (χ0v) is 25.9. The number of ether oxygens (including phenoxy) is 2. The summed E-state index contributed by atoms with van der Waals surface area (Å²) < 4.78 is 17.6. The molecule has 1 radical (unpaired) electrons. The van der Waals surface area contributed by atoms with Crippen molar-refractivity contribution in [2.45, 2.75) is 90.6 Å². The summed E-state index contributed by atoms with van der Waals surface area (Å²) in [5.41, 5.74) is -2.92. The molecule has 0 aromatic carbocycles. The summed E-state index contributed by atoms with van der Waals surface area (Å²) in [5, 5.41) is 11.5. The van der Waals surface area contributed by atoms with Crippen LogP contribution in [0.4, 0.5) is 0 Å². The van der Waals surface area contributed by atoms with Gasteiger partial charge in [-0.25, -0.2) is 4.79 Å². The van der Waals surface area contributed by atoms with E-state index in [1.165, 1.54) is 0 Å². The molecular formula is C27H34AcO7. The Morgan fingerprint density at radius 3 is 2.37 bits per heavy atom. The normalized spacial score (nSPS) is 49.9. The van der Waals surface area contributed by atoms with Crippen LogP contribution >= 0.6 is 0 Å². The average Bonchev–Trinajstić information content (AvgIpc) is 3.33. The Hall–Kier alpha value is -0.548. The van der Waals surface area contributed by atoms with Crippen LogP contribution in [0.2, 0.25) is 0 Å². The van der Waals surface area contributed by atoms with Gasteiger partial charge in [0, 0.05) is 79.7 Å². The predicted octanol–water partition coefficient (Wildman–Crippen LogP) is 3.78. The number of furan rings is 1. The molecule has 1 spiro atoms. The Morgan fingerprint density at radius 2 is 1.71 bits per heavy atom. The van der Waals surface area contributed by atoms with Crippen molar-refractivity contribution in [3.63, 3.8) is 0 Å². The second kappa shape index (κ2) is 7.74. The van der Waals surface area contributed by atoms with Gasteiger partial charge in [0.25, 0.3) is 0 Å². The molecule has 3 heterocycles. The van der Waals surface area contributed by atoms with Crippen LogP contribution in [-0.2, 0) is 23.9 Å². The van der Waals surface area contributed by atoms with E-state index in [-0.39, 0.29) is 80.3 Å². The molecule has 35 heavy (non-hydrogen) atoms. The molecule has 9 atom stereocenters. The Labute approximate surface area is 241 Å². The minimum atomic E-state index is -1.01. The van der Waals surface area contributed by atoms with Crippen LogP contribution in [0.1, 0.15) is 78.4 Å². The van der Waals surface area contributed by atoms with Gasteiger partial charge in [0.2, 0.25) is 0 Å². The average molecular weight is 698 g/mol. The maximum atomic E-state index is 14.2. The molecule has 0 amide bonds. The molecule has 1 N–H and O–H groups in total. The molecule has 5 fully saturated rings. The molecular weight excluding hydrogens is 663 g/mol. The Kier molecular flexibility index (Phi) is 5.77. The zero-order valence-electron chi connectivity index (χ0n) is 21.1. The fourth-order valence-corrected chi connectivity index (χ4v) is 9.38. The summed E-state index contributed by atoms with van der Waals surface area (Å²) >= 11 is 0. The van der Waals surface area contributed by atoms with Gasteiger partial charge in [-0.15, -0.1) is 0 Å². The molecule has 2 aliphatic heterocycles. The zero-order chi connectivity index (χ0) is 24.5. The van der Waals surface area contributed by atoms with Gasteiger partial charge in [0.15, 0.2) is 6.10 Å². The predicted molar refractivity (Wildman–Crippen MR) is 119 cm³/mol. The number of carbonyl (C=O) groups excluding carboxylic acids is 3. The van der Waals surface area contributed by atoms with Crippen molar-refractivity contribution in [2.24, 2.45) is 33.5 Å². The van der Waals surface area contributed by atoms with Crippen molar-refractivity contribution in [1.82, 2.24) is 0 Å². The van der Waals surface area contributed by atoms with Gasteiger partial charge in [-0.1, -0.05) is 27.7 Å². The van der Waals surface area contributed by atoms with E-state index >= 15 is 0 Å². The van der Waals surface area contributed by atoms with Crippen LogP contribution in [-0.4, -0.2) is 40.5 Å². The van der Waals surface area contributed by atoms with Crippen molar-refractivity contribution in [3.8, 4) is 0 Å². The van der Waals surface area contributed by atoms with Crippen molar-refractivity contribution in [3.05, 3.63) is 24.2 Å². The molecule has 6 rings (SSSR count). The van der Waals surface area contributed by atoms with Crippen LogP contribution < -0.4 is 0 Å². The van der Waals surface area contributed by atoms with Crippen LogP contribution in [0.25, 0.3) is 0 Å². The van der Waals surface area contributed by atoms with Crippen LogP contribution in [0.3, 0.4) is 0 Å². The molecule has 0 bridgehead atoms. The number of Topliss-reactive ketones (excluding diaryl/α,β-unsaturated/α-hetero) is 2. The minimum absolute atomic E-state index is 0. The number of hydrogen-bond acceptors (Lipinski definition) is 7. The second-order valence-electron chi connectivity index (χ2n) is 12.8. The molecule has 9 unspecified atom stereocenters. The fraction of sp³-hybridized carbons (Fsp3) is 0.741. The third kappa shape index (κ3) is 2.92. The number of carbonyl (C=O) groups is 3. The van der Waals surface area contributed by atoms with Gasteiger partial charge in [-0.05, 0) is 43.1 Å². The fourth-order valence-electron chi connectivity index (χ4n) is 9.38. The largest absolute Gasteiger partial charge is 0.472 e. The van der Waals surface area contributed by atoms with Gasteiger partial charge in [0.1, 0.15) is 23.3 Å².